The summed E-state index contributed by atoms with van der Waals surface area (Å²) in [6.07, 6.45) is 8.71. The van der Waals surface area contributed by atoms with Crippen LogP contribution in [0.2, 0.25) is 0 Å². The molecule has 0 aliphatic rings. The predicted octanol–water partition coefficient (Wildman–Crippen LogP) is 5.00. The molecule has 0 radical (unpaired) electrons. The standard InChI is InChI=1S/C25H20FN7O/c1-33-13-12-28-24(33)25(34)30-23-15-18(6-9-20(23)26)29-17-5-8-19-21(31-32-22(19)14-17)10-7-16-4-2-3-11-27-16/h2-15,29H,1H3,(H,30,34)(H,31,32)/b10-7+. The molecule has 2 aromatic carbocycles. The van der Waals surface area contributed by atoms with Crippen molar-refractivity contribution in [3.8, 4) is 0 Å². The first-order chi connectivity index (χ1) is 16.6. The van der Waals surface area contributed by atoms with E-state index in [0.717, 1.165) is 28.0 Å². The lowest BCUT2D eigenvalue weighted by molar-refractivity contribution is 0.101. The van der Waals surface area contributed by atoms with Crippen LogP contribution in [0.15, 0.2) is 73.2 Å². The minimum absolute atomic E-state index is 0.0579. The monoisotopic (exact) mass is 453 g/mol. The van der Waals surface area contributed by atoms with Gasteiger partial charge in [-0.1, -0.05) is 6.07 Å². The van der Waals surface area contributed by atoms with Gasteiger partial charge in [0.25, 0.3) is 5.91 Å². The van der Waals surface area contributed by atoms with E-state index in [1.165, 1.54) is 18.3 Å². The lowest BCUT2D eigenvalue weighted by Crippen LogP contribution is -2.17. The van der Waals surface area contributed by atoms with Crippen molar-refractivity contribution >= 4 is 46.0 Å². The van der Waals surface area contributed by atoms with Crippen LogP contribution in [-0.2, 0) is 7.05 Å². The number of aryl methyl sites for hydroxylation is 1. The number of imidazole rings is 1. The third kappa shape index (κ3) is 4.40. The summed E-state index contributed by atoms with van der Waals surface area (Å²) in [6, 6.07) is 15.9. The molecule has 0 unspecified atom stereocenters. The average Bonchev–Trinajstić information content (AvgIpc) is 3.46. The molecule has 5 aromatic rings. The van der Waals surface area contributed by atoms with Crippen LogP contribution >= 0.6 is 0 Å². The number of pyridine rings is 1. The van der Waals surface area contributed by atoms with Gasteiger partial charge in [-0.15, -0.1) is 0 Å². The Balaban J connectivity index is 1.34. The highest BCUT2D eigenvalue weighted by Gasteiger charge is 2.14. The molecular weight excluding hydrogens is 433 g/mol. The van der Waals surface area contributed by atoms with Crippen molar-refractivity contribution in [3.63, 3.8) is 0 Å². The minimum Gasteiger partial charge on any atom is -0.355 e. The number of halogens is 1. The maximum atomic E-state index is 14.3. The van der Waals surface area contributed by atoms with Crippen molar-refractivity contribution in [2.75, 3.05) is 10.6 Å². The maximum Gasteiger partial charge on any atom is 0.291 e. The van der Waals surface area contributed by atoms with Gasteiger partial charge in [0.2, 0.25) is 0 Å². The fourth-order valence-corrected chi connectivity index (χ4v) is 3.51. The number of fused-ring (bicyclic) bond motifs is 1. The minimum atomic E-state index is -0.540. The maximum absolute atomic E-state index is 14.3. The Hall–Kier alpha value is -4.79. The number of benzene rings is 2. The van der Waals surface area contributed by atoms with E-state index in [4.69, 9.17) is 0 Å². The number of H-pyrrole nitrogens is 1. The molecule has 3 N–H and O–H groups in total. The van der Waals surface area contributed by atoms with Gasteiger partial charge in [-0.2, -0.15) is 5.10 Å². The zero-order valence-electron chi connectivity index (χ0n) is 18.2. The van der Waals surface area contributed by atoms with E-state index < -0.39 is 11.7 Å². The molecule has 34 heavy (non-hydrogen) atoms. The molecule has 3 aromatic heterocycles. The SMILES string of the molecule is Cn1ccnc1C(=O)Nc1cc(Nc2ccc3c(/C=C/c4ccccn4)n[nH]c3c2)ccc1F. The number of aromatic amines is 1. The Morgan fingerprint density at radius 3 is 2.68 bits per heavy atom. The first kappa shape index (κ1) is 21.1. The Kier molecular flexibility index (Phi) is 5.57. The predicted molar refractivity (Wildman–Crippen MR) is 130 cm³/mol. The molecule has 9 heteroatoms. The smallest absolute Gasteiger partial charge is 0.291 e. The highest BCUT2D eigenvalue weighted by atomic mass is 19.1. The summed E-state index contributed by atoms with van der Waals surface area (Å²) in [7, 11) is 1.70. The number of carbonyl (C=O) groups is 1. The Bertz CT molecular complexity index is 1500. The Morgan fingerprint density at radius 1 is 1.03 bits per heavy atom. The Morgan fingerprint density at radius 2 is 1.88 bits per heavy atom. The topological polar surface area (TPSA) is 101 Å². The van der Waals surface area contributed by atoms with Crippen LogP contribution in [0.3, 0.4) is 0 Å². The summed E-state index contributed by atoms with van der Waals surface area (Å²) in [5.74, 6) is -0.842. The number of rotatable bonds is 6. The quantitative estimate of drug-likeness (QED) is 0.336. The molecule has 0 spiro atoms. The summed E-state index contributed by atoms with van der Waals surface area (Å²) in [5, 5.41) is 14.2. The van der Waals surface area contributed by atoms with Crippen molar-refractivity contribution in [2.45, 2.75) is 0 Å². The Labute approximate surface area is 194 Å². The zero-order chi connectivity index (χ0) is 23.5. The third-order valence-electron chi connectivity index (χ3n) is 5.22. The van der Waals surface area contributed by atoms with Gasteiger partial charge in [-0.25, -0.2) is 9.37 Å². The van der Waals surface area contributed by atoms with Gasteiger partial charge in [-0.3, -0.25) is 14.9 Å². The van der Waals surface area contributed by atoms with Crippen LogP contribution < -0.4 is 10.6 Å². The van der Waals surface area contributed by atoms with Crippen LogP contribution in [0.25, 0.3) is 23.1 Å². The second kappa shape index (κ2) is 8.99. The molecule has 0 atom stereocenters. The van der Waals surface area contributed by atoms with Gasteiger partial charge in [0, 0.05) is 42.4 Å². The first-order valence-corrected chi connectivity index (χ1v) is 10.5. The summed E-state index contributed by atoms with van der Waals surface area (Å²) in [6.45, 7) is 0. The third-order valence-corrected chi connectivity index (χ3v) is 5.22. The number of aromatic nitrogens is 5. The van der Waals surface area contributed by atoms with Crippen molar-refractivity contribution in [2.24, 2.45) is 7.05 Å². The number of anilines is 3. The molecular formula is C25H20FN7O. The van der Waals surface area contributed by atoms with E-state index in [-0.39, 0.29) is 11.5 Å². The molecule has 0 saturated carbocycles. The van der Waals surface area contributed by atoms with E-state index in [1.54, 1.807) is 30.1 Å². The van der Waals surface area contributed by atoms with Crippen molar-refractivity contribution in [1.29, 1.82) is 0 Å². The summed E-state index contributed by atoms with van der Waals surface area (Å²) >= 11 is 0. The number of nitrogens with one attached hydrogen (secondary N) is 3. The molecule has 8 nitrogen and oxygen atoms in total. The molecule has 0 aliphatic carbocycles. The van der Waals surface area contributed by atoms with E-state index in [9.17, 15) is 9.18 Å². The van der Waals surface area contributed by atoms with Gasteiger partial charge in [0.05, 0.1) is 22.6 Å². The molecule has 3 heterocycles. The van der Waals surface area contributed by atoms with E-state index in [0.29, 0.717) is 5.69 Å². The molecule has 0 saturated heterocycles. The summed E-state index contributed by atoms with van der Waals surface area (Å²) < 4.78 is 15.9. The fraction of sp³-hybridized carbons (Fsp3) is 0.0400. The van der Waals surface area contributed by atoms with Gasteiger partial charge in [-0.05, 0) is 60.7 Å². The van der Waals surface area contributed by atoms with Crippen molar-refractivity contribution < 1.29 is 9.18 Å². The highest BCUT2D eigenvalue weighted by molar-refractivity contribution is 6.02. The summed E-state index contributed by atoms with van der Waals surface area (Å²) in [4.78, 5) is 20.7. The van der Waals surface area contributed by atoms with E-state index in [2.05, 4.69) is 30.8 Å². The normalized spacial score (nSPS) is 11.2. The second-order valence-electron chi connectivity index (χ2n) is 7.59. The largest absolute Gasteiger partial charge is 0.355 e. The fourth-order valence-electron chi connectivity index (χ4n) is 3.51. The van der Waals surface area contributed by atoms with Gasteiger partial charge >= 0.3 is 0 Å². The molecule has 0 bridgehead atoms. The van der Waals surface area contributed by atoms with Crippen LogP contribution in [0.4, 0.5) is 21.5 Å². The van der Waals surface area contributed by atoms with Crippen molar-refractivity contribution in [3.05, 3.63) is 96.2 Å². The van der Waals surface area contributed by atoms with Crippen LogP contribution in [0.1, 0.15) is 22.0 Å². The molecule has 168 valence electrons. The van der Waals surface area contributed by atoms with Crippen LogP contribution in [0, 0.1) is 5.82 Å². The highest BCUT2D eigenvalue weighted by Crippen LogP contribution is 2.26. The van der Waals surface area contributed by atoms with Crippen LogP contribution in [0.5, 0.6) is 0 Å². The van der Waals surface area contributed by atoms with Gasteiger partial charge < -0.3 is 15.2 Å². The number of hydrogen-bond acceptors (Lipinski definition) is 5. The molecule has 0 fully saturated rings. The van der Waals surface area contributed by atoms with Gasteiger partial charge in [0.1, 0.15) is 5.82 Å². The number of nitrogens with zero attached hydrogens (tertiary/aromatic N) is 4. The lowest BCUT2D eigenvalue weighted by atomic mass is 10.1. The van der Waals surface area contributed by atoms with E-state index in [1.807, 2.05) is 48.6 Å². The molecule has 1 amide bonds. The zero-order valence-corrected chi connectivity index (χ0v) is 18.2. The molecule has 0 aliphatic heterocycles. The number of hydrogen-bond donors (Lipinski definition) is 3. The molecule has 5 rings (SSSR count). The van der Waals surface area contributed by atoms with E-state index >= 15 is 0 Å². The first-order valence-electron chi connectivity index (χ1n) is 10.5. The lowest BCUT2D eigenvalue weighted by Gasteiger charge is -2.11. The second-order valence-corrected chi connectivity index (χ2v) is 7.59. The van der Waals surface area contributed by atoms with Crippen LogP contribution in [-0.4, -0.2) is 30.6 Å². The number of carbonyl (C=O) groups excluding carboxylic acids is 1. The average molecular weight is 453 g/mol. The van der Waals surface area contributed by atoms with Crippen molar-refractivity contribution in [1.82, 2.24) is 24.7 Å². The number of amides is 1. The van der Waals surface area contributed by atoms with Gasteiger partial charge in [0.15, 0.2) is 5.82 Å². The summed E-state index contributed by atoms with van der Waals surface area (Å²) in [5.41, 5.74) is 3.95.